The number of rotatable bonds is 10. The SMILES string of the molecule is Cc1ccc(-c2cc(-c3nn(-c4nc(C(=O)O)cs4)c(CC4CC4)c3Cc3ccc(NS(=O)O)c(F)c3)ccc2F)o1. The number of thiazole rings is 1. The molecule has 2 aromatic carbocycles. The molecule has 9 nitrogen and oxygen atoms in total. The molecule has 1 atom stereocenters. The van der Waals surface area contributed by atoms with Crippen LogP contribution in [0.5, 0.6) is 0 Å². The minimum Gasteiger partial charge on any atom is -0.476 e. The number of carbonyl (C=O) groups is 1. The lowest BCUT2D eigenvalue weighted by Crippen LogP contribution is -2.07. The Morgan fingerprint density at radius 1 is 1.17 bits per heavy atom. The van der Waals surface area contributed by atoms with Gasteiger partial charge in [-0.3, -0.25) is 9.27 Å². The van der Waals surface area contributed by atoms with Crippen molar-refractivity contribution in [1.82, 2.24) is 14.8 Å². The average Bonchev–Trinajstić information content (AvgIpc) is 3.29. The monoisotopic (exact) mass is 610 g/mol. The van der Waals surface area contributed by atoms with Crippen LogP contribution in [0, 0.1) is 24.5 Å². The van der Waals surface area contributed by atoms with Crippen molar-refractivity contribution < 1.29 is 31.9 Å². The molecule has 1 saturated carbocycles. The van der Waals surface area contributed by atoms with Gasteiger partial charge in [0.15, 0.2) is 5.69 Å². The lowest BCUT2D eigenvalue weighted by molar-refractivity contribution is 0.0691. The molecule has 216 valence electrons. The van der Waals surface area contributed by atoms with E-state index in [2.05, 4.69) is 9.71 Å². The summed E-state index contributed by atoms with van der Waals surface area (Å²) in [4.78, 5) is 15.9. The summed E-state index contributed by atoms with van der Waals surface area (Å²) in [5.74, 6) is -0.916. The second-order valence-corrected chi connectivity index (χ2v) is 11.6. The standard InChI is InChI=1S/C29H24F2N4O5S2/c1-15-2-9-26(40-15)19-13-18(6-7-21(19)30)27-20(10-17-5-8-23(22(31)11-17)34-42(38)39)25(12-16-3-4-16)35(33-27)29-32-24(14-41-29)28(36)37/h2,5-9,11,13-14,16,34H,3-4,10,12H2,1H3,(H,36,37)(H,38,39). The number of furan rings is 1. The van der Waals surface area contributed by atoms with Crippen LogP contribution in [0.3, 0.4) is 0 Å². The second-order valence-electron chi connectivity index (χ2n) is 10.1. The molecule has 42 heavy (non-hydrogen) atoms. The molecule has 0 spiro atoms. The van der Waals surface area contributed by atoms with Crippen LogP contribution in [-0.2, 0) is 24.1 Å². The maximum atomic E-state index is 15.0. The number of anilines is 1. The van der Waals surface area contributed by atoms with Gasteiger partial charge in [0, 0.05) is 22.9 Å². The van der Waals surface area contributed by atoms with Crippen LogP contribution >= 0.6 is 11.3 Å². The minimum absolute atomic E-state index is 0.102. The topological polar surface area (TPSA) is 130 Å². The third-order valence-corrected chi connectivity index (χ3v) is 8.23. The normalized spacial score (nSPS) is 13.8. The Morgan fingerprint density at radius 2 is 1.98 bits per heavy atom. The molecule has 0 radical (unpaired) electrons. The molecular weight excluding hydrogens is 586 g/mol. The fraction of sp³-hybridized carbons (Fsp3) is 0.207. The first-order valence-corrected chi connectivity index (χ1v) is 15.0. The minimum atomic E-state index is -2.43. The number of aromatic carboxylic acids is 1. The lowest BCUT2D eigenvalue weighted by Gasteiger charge is -2.11. The number of nitrogens with zero attached hydrogens (tertiary/aromatic N) is 3. The fourth-order valence-corrected chi connectivity index (χ4v) is 5.94. The Balaban J connectivity index is 1.52. The number of hydrogen-bond donors (Lipinski definition) is 3. The maximum absolute atomic E-state index is 15.0. The number of halogens is 2. The van der Waals surface area contributed by atoms with Gasteiger partial charge in [-0.15, -0.1) is 11.3 Å². The summed E-state index contributed by atoms with van der Waals surface area (Å²) in [5, 5.41) is 16.2. The first-order valence-electron chi connectivity index (χ1n) is 13.0. The molecule has 1 aliphatic carbocycles. The van der Waals surface area contributed by atoms with Crippen LogP contribution in [0.2, 0.25) is 0 Å². The van der Waals surface area contributed by atoms with Gasteiger partial charge in [-0.05, 0) is 80.1 Å². The third kappa shape index (κ3) is 5.75. The van der Waals surface area contributed by atoms with Crippen LogP contribution in [-0.4, -0.2) is 34.6 Å². The molecule has 0 amide bonds. The van der Waals surface area contributed by atoms with Crippen LogP contribution in [0.1, 0.15) is 45.9 Å². The zero-order valence-corrected chi connectivity index (χ0v) is 23.8. The Labute approximate surface area is 245 Å². The molecule has 6 rings (SSSR count). The van der Waals surface area contributed by atoms with E-state index in [1.807, 2.05) is 0 Å². The summed E-state index contributed by atoms with van der Waals surface area (Å²) in [6.07, 6.45) is 2.94. The van der Waals surface area contributed by atoms with Crippen LogP contribution < -0.4 is 4.72 Å². The van der Waals surface area contributed by atoms with Crippen molar-refractivity contribution in [3.63, 3.8) is 0 Å². The van der Waals surface area contributed by atoms with E-state index < -0.39 is 28.9 Å². The van der Waals surface area contributed by atoms with E-state index in [1.165, 1.54) is 23.6 Å². The van der Waals surface area contributed by atoms with Gasteiger partial charge in [0.2, 0.25) is 5.13 Å². The number of benzene rings is 2. The van der Waals surface area contributed by atoms with Crippen LogP contribution in [0.15, 0.2) is 58.3 Å². The van der Waals surface area contributed by atoms with Crippen molar-refractivity contribution in [3.8, 4) is 27.7 Å². The van der Waals surface area contributed by atoms with Crippen molar-refractivity contribution in [2.45, 2.75) is 32.6 Å². The van der Waals surface area contributed by atoms with E-state index in [4.69, 9.17) is 14.1 Å². The molecule has 5 aromatic rings. The van der Waals surface area contributed by atoms with Crippen molar-refractivity contribution in [3.05, 3.63) is 93.8 Å². The summed E-state index contributed by atoms with van der Waals surface area (Å²) in [5.41, 5.74) is 3.28. The summed E-state index contributed by atoms with van der Waals surface area (Å²) in [6.45, 7) is 1.77. The van der Waals surface area contributed by atoms with Crippen molar-refractivity contribution in [2.75, 3.05) is 4.72 Å². The van der Waals surface area contributed by atoms with Gasteiger partial charge in [-0.25, -0.2) is 27.5 Å². The highest BCUT2D eigenvalue weighted by Crippen LogP contribution is 2.39. The first kappa shape index (κ1) is 27.9. The molecule has 0 saturated heterocycles. The Bertz CT molecular complexity index is 1840. The summed E-state index contributed by atoms with van der Waals surface area (Å²) in [7, 11) is 0. The lowest BCUT2D eigenvalue weighted by atomic mass is 9.95. The van der Waals surface area contributed by atoms with E-state index in [9.17, 15) is 22.9 Å². The molecule has 3 heterocycles. The van der Waals surface area contributed by atoms with Crippen molar-refractivity contribution >= 4 is 34.3 Å². The number of nitrogens with one attached hydrogen (secondary N) is 1. The van der Waals surface area contributed by atoms with Gasteiger partial charge in [0.05, 0.1) is 22.6 Å². The molecule has 1 fully saturated rings. The Morgan fingerprint density at radius 3 is 2.62 bits per heavy atom. The number of aryl methyl sites for hydroxylation is 1. The van der Waals surface area contributed by atoms with Gasteiger partial charge in [0.25, 0.3) is 11.3 Å². The second kappa shape index (κ2) is 11.2. The fourth-order valence-electron chi connectivity index (χ4n) is 4.82. The zero-order chi connectivity index (χ0) is 29.5. The van der Waals surface area contributed by atoms with E-state index >= 15 is 0 Å². The molecule has 0 aliphatic heterocycles. The average molecular weight is 611 g/mol. The summed E-state index contributed by atoms with van der Waals surface area (Å²) in [6, 6.07) is 12.4. The summed E-state index contributed by atoms with van der Waals surface area (Å²) >= 11 is -1.29. The molecule has 1 aliphatic rings. The third-order valence-electron chi connectivity index (χ3n) is 7.02. The van der Waals surface area contributed by atoms with E-state index in [1.54, 1.807) is 41.9 Å². The number of carboxylic acids is 1. The molecular formula is C29H24F2N4O5S2. The largest absolute Gasteiger partial charge is 0.476 e. The van der Waals surface area contributed by atoms with E-state index in [0.717, 1.165) is 35.4 Å². The first-order chi connectivity index (χ1) is 20.2. The van der Waals surface area contributed by atoms with Gasteiger partial charge in [-0.1, -0.05) is 6.07 Å². The van der Waals surface area contributed by atoms with Gasteiger partial charge >= 0.3 is 5.97 Å². The summed E-state index contributed by atoms with van der Waals surface area (Å²) < 4.78 is 59.5. The smallest absolute Gasteiger partial charge is 0.355 e. The van der Waals surface area contributed by atoms with Crippen molar-refractivity contribution in [2.24, 2.45) is 5.92 Å². The molecule has 0 bridgehead atoms. The number of aromatic nitrogens is 3. The van der Waals surface area contributed by atoms with Gasteiger partial charge in [0.1, 0.15) is 23.2 Å². The van der Waals surface area contributed by atoms with E-state index in [-0.39, 0.29) is 23.4 Å². The highest BCUT2D eigenvalue weighted by molar-refractivity contribution is 7.80. The molecule has 3 aromatic heterocycles. The Hall–Kier alpha value is -4.20. The number of carboxylic acid groups (broad SMARTS) is 1. The number of hydrogen-bond acceptors (Lipinski definition) is 6. The highest BCUT2D eigenvalue weighted by atomic mass is 32.2. The van der Waals surface area contributed by atoms with Gasteiger partial charge in [-0.2, -0.15) is 5.10 Å². The Kier molecular flexibility index (Phi) is 7.47. The zero-order valence-electron chi connectivity index (χ0n) is 22.1. The van der Waals surface area contributed by atoms with Gasteiger partial charge < -0.3 is 9.52 Å². The molecule has 3 N–H and O–H groups in total. The highest BCUT2D eigenvalue weighted by Gasteiger charge is 2.30. The predicted octanol–water partition coefficient (Wildman–Crippen LogP) is 6.63. The maximum Gasteiger partial charge on any atom is 0.355 e. The van der Waals surface area contributed by atoms with Crippen molar-refractivity contribution in [1.29, 1.82) is 0 Å². The quantitative estimate of drug-likeness (QED) is 0.151. The predicted molar refractivity (Wildman–Crippen MR) is 154 cm³/mol. The molecule has 1 unspecified atom stereocenters. The van der Waals surface area contributed by atoms with Crippen LogP contribution in [0.25, 0.3) is 27.7 Å². The molecule has 13 heteroatoms. The van der Waals surface area contributed by atoms with Crippen LogP contribution in [0.4, 0.5) is 14.5 Å². The van der Waals surface area contributed by atoms with E-state index in [0.29, 0.717) is 45.8 Å².